The molecule has 0 amide bonds. The lowest BCUT2D eigenvalue weighted by Gasteiger charge is -2.14. The van der Waals surface area contributed by atoms with Gasteiger partial charge in [0.05, 0.1) is 0 Å². The Kier molecular flexibility index (Phi) is 6.58. The molecule has 2 N–H and O–H groups in total. The van der Waals surface area contributed by atoms with Crippen LogP contribution in [0.25, 0.3) is 0 Å². The van der Waals surface area contributed by atoms with Crippen LogP contribution in [0.4, 0.5) is 0 Å². The zero-order valence-corrected chi connectivity index (χ0v) is 12.5. The normalized spacial score (nSPS) is 16.2. The molecule has 0 heterocycles. The van der Waals surface area contributed by atoms with Crippen LogP contribution in [0.5, 0.6) is 0 Å². The Balaban J connectivity index is 2.53. The van der Waals surface area contributed by atoms with Crippen LogP contribution < -0.4 is 5.73 Å². The average molecular weight is 267 g/mol. The van der Waals surface area contributed by atoms with Gasteiger partial charge < -0.3 is 5.73 Å². The molecule has 2 nitrogen and oxygen atoms in total. The molecule has 0 aromatic heterocycles. The summed E-state index contributed by atoms with van der Waals surface area (Å²) >= 11 is 0. The van der Waals surface area contributed by atoms with Crippen LogP contribution in [0.15, 0.2) is 24.3 Å². The van der Waals surface area contributed by atoms with Crippen LogP contribution in [-0.4, -0.2) is 15.7 Å². The highest BCUT2D eigenvalue weighted by atomic mass is 32.2. The van der Waals surface area contributed by atoms with Crippen molar-refractivity contribution in [3.63, 3.8) is 0 Å². The van der Waals surface area contributed by atoms with E-state index in [1.165, 1.54) is 5.56 Å². The van der Waals surface area contributed by atoms with Crippen molar-refractivity contribution < 1.29 is 4.21 Å². The van der Waals surface area contributed by atoms with E-state index in [9.17, 15) is 4.21 Å². The first-order valence-electron chi connectivity index (χ1n) is 6.76. The zero-order valence-electron chi connectivity index (χ0n) is 11.7. The molecule has 0 aliphatic rings. The van der Waals surface area contributed by atoms with Gasteiger partial charge in [-0.05, 0) is 23.5 Å². The van der Waals surface area contributed by atoms with Crippen molar-refractivity contribution in [1.29, 1.82) is 0 Å². The van der Waals surface area contributed by atoms with Crippen molar-refractivity contribution in [2.24, 2.45) is 11.7 Å². The van der Waals surface area contributed by atoms with Crippen LogP contribution in [0, 0.1) is 5.92 Å². The van der Waals surface area contributed by atoms with Crippen molar-refractivity contribution in [2.45, 2.75) is 39.7 Å². The van der Waals surface area contributed by atoms with Gasteiger partial charge in [0.2, 0.25) is 0 Å². The Labute approximate surface area is 113 Å². The summed E-state index contributed by atoms with van der Waals surface area (Å²) in [5.41, 5.74) is 8.51. The highest BCUT2D eigenvalue weighted by Crippen LogP contribution is 2.14. The Morgan fingerprint density at radius 3 is 2.28 bits per heavy atom. The van der Waals surface area contributed by atoms with E-state index in [4.69, 9.17) is 5.73 Å². The van der Waals surface area contributed by atoms with Crippen LogP contribution in [0.2, 0.25) is 0 Å². The minimum atomic E-state index is -0.813. The number of hydrogen-bond acceptors (Lipinski definition) is 2. The van der Waals surface area contributed by atoms with Crippen molar-refractivity contribution in [3.8, 4) is 0 Å². The molecule has 102 valence electrons. The number of rotatable bonds is 7. The van der Waals surface area contributed by atoms with Crippen molar-refractivity contribution >= 4 is 10.8 Å². The summed E-state index contributed by atoms with van der Waals surface area (Å²) in [5.74, 6) is 1.84. The number of hydrogen-bond donors (Lipinski definition) is 1. The molecule has 0 aliphatic heterocycles. The molecule has 0 bridgehead atoms. The summed E-state index contributed by atoms with van der Waals surface area (Å²) in [4.78, 5) is 0. The van der Waals surface area contributed by atoms with Gasteiger partial charge in [0.15, 0.2) is 0 Å². The SMILES string of the molecule is CCc1ccc(C(N)CS(=O)CC(C)CC)cc1. The Morgan fingerprint density at radius 1 is 1.17 bits per heavy atom. The quantitative estimate of drug-likeness (QED) is 0.825. The molecule has 1 aromatic rings. The van der Waals surface area contributed by atoms with Crippen molar-refractivity contribution in [2.75, 3.05) is 11.5 Å². The Morgan fingerprint density at radius 2 is 1.78 bits per heavy atom. The van der Waals surface area contributed by atoms with Gasteiger partial charge in [-0.2, -0.15) is 0 Å². The number of nitrogens with two attached hydrogens (primary N) is 1. The molecule has 3 atom stereocenters. The molecule has 0 radical (unpaired) electrons. The van der Waals surface area contributed by atoms with E-state index in [1.54, 1.807) is 0 Å². The van der Waals surface area contributed by atoms with E-state index in [0.29, 0.717) is 11.7 Å². The molecular formula is C15H25NOS. The molecule has 0 spiro atoms. The predicted octanol–water partition coefficient (Wildman–Crippen LogP) is 3.04. The van der Waals surface area contributed by atoms with E-state index in [-0.39, 0.29) is 6.04 Å². The Bertz CT molecular complexity index is 375. The smallest absolute Gasteiger partial charge is 0.0428 e. The molecule has 0 saturated carbocycles. The summed E-state index contributed by atoms with van der Waals surface area (Å²) in [6.45, 7) is 6.40. The van der Waals surface area contributed by atoms with E-state index in [1.807, 2.05) is 0 Å². The van der Waals surface area contributed by atoms with Gasteiger partial charge in [0.25, 0.3) is 0 Å². The zero-order chi connectivity index (χ0) is 13.5. The van der Waals surface area contributed by atoms with Gasteiger partial charge in [0, 0.05) is 28.3 Å². The standard InChI is InChI=1S/C15H25NOS/c1-4-12(3)10-18(17)11-15(16)14-8-6-13(5-2)7-9-14/h6-9,12,15H,4-5,10-11,16H2,1-3H3. The van der Waals surface area contributed by atoms with E-state index in [0.717, 1.165) is 24.2 Å². The predicted molar refractivity (Wildman–Crippen MR) is 80.1 cm³/mol. The maximum absolute atomic E-state index is 12.0. The van der Waals surface area contributed by atoms with Crippen LogP contribution in [0.1, 0.15) is 44.4 Å². The minimum absolute atomic E-state index is 0.110. The van der Waals surface area contributed by atoms with Crippen LogP contribution in [-0.2, 0) is 17.2 Å². The van der Waals surface area contributed by atoms with Crippen LogP contribution in [0.3, 0.4) is 0 Å². The van der Waals surface area contributed by atoms with Crippen LogP contribution >= 0.6 is 0 Å². The van der Waals surface area contributed by atoms with Gasteiger partial charge >= 0.3 is 0 Å². The molecule has 0 aliphatic carbocycles. The lowest BCUT2D eigenvalue weighted by molar-refractivity contribution is 0.612. The summed E-state index contributed by atoms with van der Waals surface area (Å²) in [7, 11) is -0.813. The largest absolute Gasteiger partial charge is 0.323 e. The summed E-state index contributed by atoms with van der Waals surface area (Å²) in [5, 5.41) is 0. The van der Waals surface area contributed by atoms with Gasteiger partial charge in [-0.15, -0.1) is 0 Å². The molecule has 18 heavy (non-hydrogen) atoms. The molecule has 1 aromatic carbocycles. The molecule has 3 heteroatoms. The van der Waals surface area contributed by atoms with Crippen molar-refractivity contribution in [3.05, 3.63) is 35.4 Å². The molecule has 0 saturated heterocycles. The topological polar surface area (TPSA) is 43.1 Å². The number of benzene rings is 1. The van der Waals surface area contributed by atoms with Crippen molar-refractivity contribution in [1.82, 2.24) is 0 Å². The lowest BCUT2D eigenvalue weighted by Crippen LogP contribution is -2.21. The van der Waals surface area contributed by atoms with Gasteiger partial charge in [0.1, 0.15) is 0 Å². The van der Waals surface area contributed by atoms with Gasteiger partial charge in [-0.25, -0.2) is 0 Å². The number of aryl methyl sites for hydroxylation is 1. The lowest BCUT2D eigenvalue weighted by atomic mass is 10.1. The minimum Gasteiger partial charge on any atom is -0.323 e. The van der Waals surface area contributed by atoms with E-state index < -0.39 is 10.8 Å². The monoisotopic (exact) mass is 267 g/mol. The average Bonchev–Trinajstić information content (AvgIpc) is 2.38. The maximum atomic E-state index is 12.0. The fourth-order valence-corrected chi connectivity index (χ4v) is 3.40. The molecule has 1 rings (SSSR count). The van der Waals surface area contributed by atoms with E-state index in [2.05, 4.69) is 45.0 Å². The second kappa shape index (κ2) is 7.70. The first kappa shape index (κ1) is 15.4. The molecule has 0 fully saturated rings. The highest BCUT2D eigenvalue weighted by Gasteiger charge is 2.12. The summed E-state index contributed by atoms with van der Waals surface area (Å²) in [6, 6.07) is 8.22. The molecule has 3 unspecified atom stereocenters. The fraction of sp³-hybridized carbons (Fsp3) is 0.600. The van der Waals surface area contributed by atoms with E-state index >= 15 is 0 Å². The second-order valence-electron chi connectivity index (χ2n) is 4.99. The third-order valence-electron chi connectivity index (χ3n) is 3.35. The first-order chi connectivity index (χ1) is 8.56. The third-order valence-corrected chi connectivity index (χ3v) is 5.02. The maximum Gasteiger partial charge on any atom is 0.0428 e. The first-order valence-corrected chi connectivity index (χ1v) is 8.25. The molecular weight excluding hydrogens is 242 g/mol. The third kappa shape index (κ3) is 4.91. The van der Waals surface area contributed by atoms with Gasteiger partial charge in [-0.1, -0.05) is 51.5 Å². The second-order valence-corrected chi connectivity index (χ2v) is 6.53. The summed E-state index contributed by atoms with van der Waals surface area (Å²) in [6.07, 6.45) is 2.11. The highest BCUT2D eigenvalue weighted by molar-refractivity contribution is 7.85. The van der Waals surface area contributed by atoms with Gasteiger partial charge in [-0.3, -0.25) is 4.21 Å². The fourth-order valence-electron chi connectivity index (χ4n) is 1.80. The summed E-state index contributed by atoms with van der Waals surface area (Å²) < 4.78 is 12.0. The Hall–Kier alpha value is -0.670.